The van der Waals surface area contributed by atoms with Crippen LogP contribution in [0.4, 0.5) is 0 Å². The summed E-state index contributed by atoms with van der Waals surface area (Å²) in [6.07, 6.45) is 9.95. The van der Waals surface area contributed by atoms with Crippen molar-refractivity contribution in [2.24, 2.45) is 11.3 Å². The van der Waals surface area contributed by atoms with Gasteiger partial charge in [0.05, 0.1) is 0 Å². The van der Waals surface area contributed by atoms with E-state index in [0.717, 1.165) is 25.6 Å². The predicted octanol–water partition coefficient (Wildman–Crippen LogP) is 3.82. The molecule has 3 nitrogen and oxygen atoms in total. The third-order valence-corrected chi connectivity index (χ3v) is 5.36. The molecule has 2 heterocycles. The zero-order chi connectivity index (χ0) is 14.3. The average Bonchev–Trinajstić information content (AvgIpc) is 2.53. The molecule has 5 heteroatoms. The van der Waals surface area contributed by atoms with Crippen LogP contribution < -0.4 is 0 Å². The molecular formula is C17H31N3Y2-2. The number of likely N-dealkylation sites (tertiary alicyclic amines) is 1. The van der Waals surface area contributed by atoms with Gasteiger partial charge in [-0.2, -0.15) is 7.05 Å². The van der Waals surface area contributed by atoms with E-state index in [-0.39, 0.29) is 65.4 Å². The number of hydrogen-bond acceptors (Lipinski definition) is 1. The first-order valence-corrected chi connectivity index (χ1v) is 8.33. The Balaban J connectivity index is 0.00000220. The largest absolute Gasteiger partial charge is 0.665 e. The fraction of sp³-hybridized carbons (Fsp3) is 0.882. The molecule has 0 aliphatic carbocycles. The van der Waals surface area contributed by atoms with Crippen molar-refractivity contribution in [3.05, 3.63) is 23.3 Å². The van der Waals surface area contributed by atoms with Crippen LogP contribution in [0.3, 0.4) is 0 Å². The average molecular weight is 455 g/mol. The summed E-state index contributed by atoms with van der Waals surface area (Å²) in [6.45, 7) is 11.0. The molecule has 2 aliphatic heterocycles. The number of rotatable bonds is 7. The van der Waals surface area contributed by atoms with E-state index in [1.165, 1.54) is 58.2 Å². The van der Waals surface area contributed by atoms with Crippen LogP contribution in [0.5, 0.6) is 0 Å². The summed E-state index contributed by atoms with van der Waals surface area (Å²) in [5.74, 6) is 0.928. The van der Waals surface area contributed by atoms with Gasteiger partial charge in [-0.25, -0.2) is 0 Å². The molecule has 0 atom stereocenters. The van der Waals surface area contributed by atoms with Crippen LogP contribution in [0.1, 0.15) is 38.5 Å². The molecule has 2 aliphatic rings. The molecule has 2 rings (SSSR count). The maximum atomic E-state index is 4.45. The summed E-state index contributed by atoms with van der Waals surface area (Å²) in [6, 6.07) is 0. The quantitative estimate of drug-likeness (QED) is 0.538. The number of nitrogens with zero attached hydrogens (tertiary/aromatic N) is 3. The van der Waals surface area contributed by atoms with Crippen LogP contribution in [0, 0.1) is 11.3 Å². The van der Waals surface area contributed by atoms with Gasteiger partial charge in [0.15, 0.2) is 0 Å². The normalized spacial score (nSPS) is 22.4. The standard InChI is InChI=1S/C17H31N3.2Y/c1-3-17(7-12-18-2)8-14-20(15-9-17)13-6-16-4-10-19-11-5-16;;/h3,16H,1,4-15H2,2H3;;/q-2;;. The summed E-state index contributed by atoms with van der Waals surface area (Å²) < 4.78 is 0. The minimum absolute atomic E-state index is 0. The van der Waals surface area contributed by atoms with Gasteiger partial charge in [0, 0.05) is 65.4 Å². The van der Waals surface area contributed by atoms with E-state index in [0.29, 0.717) is 5.41 Å². The van der Waals surface area contributed by atoms with Gasteiger partial charge in [-0.3, -0.25) is 0 Å². The Morgan fingerprint density at radius 1 is 1.23 bits per heavy atom. The molecule has 0 aromatic heterocycles. The molecule has 0 unspecified atom stereocenters. The van der Waals surface area contributed by atoms with E-state index in [2.05, 4.69) is 28.2 Å². The van der Waals surface area contributed by atoms with Crippen molar-refractivity contribution >= 4 is 0 Å². The summed E-state index contributed by atoms with van der Waals surface area (Å²) in [5.41, 5.74) is 0.361. The second-order valence-electron chi connectivity index (χ2n) is 6.60. The van der Waals surface area contributed by atoms with Crippen molar-refractivity contribution in [2.45, 2.75) is 38.5 Å². The Bertz CT molecular complexity index is 286. The van der Waals surface area contributed by atoms with E-state index in [1.54, 1.807) is 0 Å². The Morgan fingerprint density at radius 3 is 2.41 bits per heavy atom. The molecule has 2 saturated heterocycles. The fourth-order valence-electron chi connectivity index (χ4n) is 3.57. The minimum atomic E-state index is 0. The first-order chi connectivity index (χ1) is 9.78. The SMILES string of the molecule is C=CC1(CC[N-]C)CCN(CCC2CC[N-]CC2)CC1.[Y].[Y]. The smallest absolute Gasteiger partial charge is 0 e. The van der Waals surface area contributed by atoms with Gasteiger partial charge in [0.2, 0.25) is 0 Å². The molecule has 0 aromatic carbocycles. The Kier molecular flexibility index (Phi) is 14.2. The van der Waals surface area contributed by atoms with E-state index >= 15 is 0 Å². The molecule has 0 bridgehead atoms. The van der Waals surface area contributed by atoms with Crippen molar-refractivity contribution in [1.82, 2.24) is 4.90 Å². The van der Waals surface area contributed by atoms with E-state index in [4.69, 9.17) is 0 Å². The van der Waals surface area contributed by atoms with Crippen LogP contribution in [0.15, 0.2) is 12.7 Å². The Labute approximate surface area is 188 Å². The third kappa shape index (κ3) is 7.81. The number of allylic oxidation sites excluding steroid dienone is 1. The summed E-state index contributed by atoms with van der Waals surface area (Å²) in [7, 11) is 1.92. The second kappa shape index (κ2) is 13.1. The maximum Gasteiger partial charge on any atom is 0 e. The van der Waals surface area contributed by atoms with E-state index in [1.807, 2.05) is 7.05 Å². The minimum Gasteiger partial charge on any atom is -0.665 e. The maximum absolute atomic E-state index is 4.45. The molecule has 0 spiro atoms. The van der Waals surface area contributed by atoms with Crippen LogP contribution in [-0.4, -0.2) is 51.2 Å². The molecule has 2 fully saturated rings. The predicted molar refractivity (Wildman–Crippen MR) is 87.5 cm³/mol. The molecule has 0 aromatic rings. The second-order valence-corrected chi connectivity index (χ2v) is 6.60. The van der Waals surface area contributed by atoms with Crippen LogP contribution in [0.2, 0.25) is 0 Å². The molecule has 0 amide bonds. The van der Waals surface area contributed by atoms with Gasteiger partial charge in [-0.05, 0) is 50.2 Å². The molecule has 2 radical (unpaired) electrons. The van der Waals surface area contributed by atoms with E-state index < -0.39 is 0 Å². The van der Waals surface area contributed by atoms with Crippen molar-refractivity contribution in [2.75, 3.05) is 46.3 Å². The first-order valence-electron chi connectivity index (χ1n) is 8.33. The topological polar surface area (TPSA) is 31.4 Å². The van der Waals surface area contributed by atoms with Crippen LogP contribution in [-0.2, 0) is 65.4 Å². The molecular weight excluding hydrogens is 424 g/mol. The Hall–Kier alpha value is 1.83. The molecule has 0 N–H and O–H groups in total. The number of hydrogen-bond donors (Lipinski definition) is 0. The summed E-state index contributed by atoms with van der Waals surface area (Å²) in [4.78, 5) is 2.66. The van der Waals surface area contributed by atoms with Crippen molar-refractivity contribution in [3.63, 3.8) is 0 Å². The molecule has 122 valence electrons. The molecule has 0 saturated carbocycles. The fourth-order valence-corrected chi connectivity index (χ4v) is 3.57. The third-order valence-electron chi connectivity index (χ3n) is 5.36. The Morgan fingerprint density at radius 2 is 1.86 bits per heavy atom. The van der Waals surface area contributed by atoms with Crippen LogP contribution >= 0.6 is 0 Å². The van der Waals surface area contributed by atoms with E-state index in [9.17, 15) is 0 Å². The zero-order valence-electron chi connectivity index (χ0n) is 14.3. The van der Waals surface area contributed by atoms with Gasteiger partial charge < -0.3 is 15.5 Å². The van der Waals surface area contributed by atoms with Gasteiger partial charge in [0.1, 0.15) is 0 Å². The van der Waals surface area contributed by atoms with Gasteiger partial charge in [-0.15, -0.1) is 26.2 Å². The van der Waals surface area contributed by atoms with Crippen LogP contribution in [0.25, 0.3) is 10.6 Å². The number of piperidine rings is 2. The van der Waals surface area contributed by atoms with Crippen molar-refractivity contribution in [1.29, 1.82) is 0 Å². The van der Waals surface area contributed by atoms with Gasteiger partial charge in [-0.1, -0.05) is 25.3 Å². The summed E-state index contributed by atoms with van der Waals surface area (Å²) >= 11 is 0. The first kappa shape index (κ1) is 23.8. The summed E-state index contributed by atoms with van der Waals surface area (Å²) in [5, 5.41) is 8.72. The van der Waals surface area contributed by atoms with Crippen molar-refractivity contribution in [3.8, 4) is 0 Å². The van der Waals surface area contributed by atoms with Crippen molar-refractivity contribution < 1.29 is 65.4 Å². The molecule has 22 heavy (non-hydrogen) atoms. The van der Waals surface area contributed by atoms with Gasteiger partial charge >= 0.3 is 0 Å². The van der Waals surface area contributed by atoms with Gasteiger partial charge in [0.25, 0.3) is 0 Å². The monoisotopic (exact) mass is 455 g/mol. The zero-order valence-corrected chi connectivity index (χ0v) is 20.0.